The van der Waals surface area contributed by atoms with Gasteiger partial charge in [-0.05, 0) is 42.0 Å². The van der Waals surface area contributed by atoms with Gasteiger partial charge in [0.25, 0.3) is 0 Å². The van der Waals surface area contributed by atoms with Crippen LogP contribution in [0.1, 0.15) is 39.4 Å². The molecule has 0 N–H and O–H groups in total. The first-order valence-corrected chi connectivity index (χ1v) is 12.3. The van der Waals surface area contributed by atoms with Gasteiger partial charge in [0.2, 0.25) is 11.5 Å². The fourth-order valence-corrected chi connectivity index (χ4v) is 5.00. The zero-order valence-electron chi connectivity index (χ0n) is 22.9. The molecule has 0 aromatic heterocycles. The summed E-state index contributed by atoms with van der Waals surface area (Å²) in [4.78, 5) is 26.1. The minimum atomic E-state index is -0.511. The predicted octanol–water partition coefficient (Wildman–Crippen LogP) is 4.80. The van der Waals surface area contributed by atoms with E-state index in [1.165, 1.54) is 42.7 Å². The summed E-state index contributed by atoms with van der Waals surface area (Å²) in [6, 6.07) is 10.1. The summed E-state index contributed by atoms with van der Waals surface area (Å²) in [5.41, 5.74) is 2.18. The van der Waals surface area contributed by atoms with Crippen molar-refractivity contribution in [3.63, 3.8) is 0 Å². The van der Waals surface area contributed by atoms with E-state index in [-0.39, 0.29) is 18.0 Å². The van der Waals surface area contributed by atoms with Gasteiger partial charge in [-0.1, -0.05) is 0 Å². The number of fused-ring (bicyclic) bond motifs is 3. The third-order valence-electron chi connectivity index (χ3n) is 6.89. The van der Waals surface area contributed by atoms with E-state index in [1.54, 1.807) is 42.5 Å². The van der Waals surface area contributed by atoms with Crippen molar-refractivity contribution in [3.05, 3.63) is 64.4 Å². The zero-order chi connectivity index (χ0) is 28.6. The van der Waals surface area contributed by atoms with Gasteiger partial charge in [-0.25, -0.2) is 0 Å². The molecule has 3 aromatic carbocycles. The van der Waals surface area contributed by atoms with Crippen molar-refractivity contribution in [1.82, 2.24) is 0 Å². The van der Waals surface area contributed by atoms with Crippen molar-refractivity contribution in [2.75, 3.05) is 42.7 Å². The highest BCUT2D eigenvalue weighted by Crippen LogP contribution is 2.51. The molecule has 0 radical (unpaired) electrons. The highest BCUT2D eigenvalue weighted by molar-refractivity contribution is 6.15. The summed E-state index contributed by atoms with van der Waals surface area (Å²) in [7, 11) is 9.11. The molecule has 0 bridgehead atoms. The van der Waals surface area contributed by atoms with Crippen LogP contribution in [0.25, 0.3) is 6.08 Å². The number of carbonyl (C=O) groups is 2. The molecule has 0 saturated heterocycles. The second-order valence-electron chi connectivity index (χ2n) is 8.93. The first kappa shape index (κ1) is 26.7. The number of ether oxygens (including phenoxy) is 8. The number of hydrogen-bond acceptors (Lipinski definition) is 10. The lowest BCUT2D eigenvalue weighted by molar-refractivity contribution is -0.135. The van der Waals surface area contributed by atoms with Crippen LogP contribution in [0.2, 0.25) is 0 Å². The van der Waals surface area contributed by atoms with Gasteiger partial charge in [0.15, 0.2) is 28.8 Å². The van der Waals surface area contributed by atoms with Crippen molar-refractivity contribution in [3.8, 4) is 46.0 Å². The molecule has 0 spiro atoms. The van der Waals surface area contributed by atoms with Crippen molar-refractivity contribution in [1.29, 1.82) is 0 Å². The lowest BCUT2D eigenvalue weighted by Gasteiger charge is -2.27. The Morgan fingerprint density at radius 3 is 1.95 bits per heavy atom. The van der Waals surface area contributed by atoms with Crippen LogP contribution >= 0.6 is 0 Å². The van der Waals surface area contributed by atoms with E-state index < -0.39 is 11.9 Å². The number of hydrogen-bond donors (Lipinski definition) is 0. The van der Waals surface area contributed by atoms with Gasteiger partial charge in [-0.2, -0.15) is 0 Å². The first-order valence-electron chi connectivity index (χ1n) is 12.3. The van der Waals surface area contributed by atoms with Crippen molar-refractivity contribution in [2.45, 2.75) is 12.3 Å². The smallest absolute Gasteiger partial charge is 0.312 e. The Balaban J connectivity index is 1.63. The summed E-state index contributed by atoms with van der Waals surface area (Å²) in [5, 5.41) is 0. The van der Waals surface area contributed by atoms with Gasteiger partial charge in [0.1, 0.15) is 17.2 Å². The number of allylic oxidation sites excluding steroid dienone is 1. The number of rotatable bonds is 8. The number of Topliss-reactive ketones (excluding diaryl/α,β-unsaturated/α-hetero) is 1. The Morgan fingerprint density at radius 2 is 1.35 bits per heavy atom. The standard InChI is InChI=1S/C30H28O10/c1-33-20-14-22(35-3)21(34-2)11-16(20)12-23-28(32)17-7-8-19-27(29(17)40-23)18(13-26(31)39-19)15-9-24(36-4)30(38-6)25(10-15)37-5/h7-12,14,18H,13H2,1-6H3. The van der Waals surface area contributed by atoms with Gasteiger partial charge in [0, 0.05) is 23.1 Å². The van der Waals surface area contributed by atoms with Crippen LogP contribution in [0, 0.1) is 0 Å². The normalized spacial score (nSPS) is 16.4. The van der Waals surface area contributed by atoms with E-state index in [0.29, 0.717) is 68.2 Å². The van der Waals surface area contributed by atoms with Crippen LogP contribution in [-0.4, -0.2) is 54.4 Å². The van der Waals surface area contributed by atoms with E-state index in [1.807, 2.05) is 0 Å². The molecule has 3 aromatic rings. The molecular weight excluding hydrogens is 520 g/mol. The topological polar surface area (TPSA) is 108 Å². The molecule has 2 heterocycles. The maximum absolute atomic E-state index is 13.5. The molecule has 5 rings (SSSR count). The van der Waals surface area contributed by atoms with E-state index in [0.717, 1.165) is 0 Å². The molecule has 2 aliphatic heterocycles. The van der Waals surface area contributed by atoms with Crippen molar-refractivity contribution >= 4 is 17.8 Å². The quantitative estimate of drug-likeness (QED) is 0.221. The number of methoxy groups -OCH3 is 6. The van der Waals surface area contributed by atoms with Crippen LogP contribution in [0.4, 0.5) is 0 Å². The highest BCUT2D eigenvalue weighted by Gasteiger charge is 2.39. The maximum Gasteiger partial charge on any atom is 0.312 e. The fourth-order valence-electron chi connectivity index (χ4n) is 5.00. The average Bonchev–Trinajstić information content (AvgIpc) is 3.29. The number of carbonyl (C=O) groups excluding carboxylic acids is 2. The largest absolute Gasteiger partial charge is 0.496 e. The first-order chi connectivity index (χ1) is 19.4. The van der Waals surface area contributed by atoms with Gasteiger partial charge in [-0.15, -0.1) is 0 Å². The molecule has 1 atom stereocenters. The second-order valence-corrected chi connectivity index (χ2v) is 8.93. The summed E-state index contributed by atoms with van der Waals surface area (Å²) < 4.78 is 44.6. The molecular formula is C30H28O10. The Hall–Kier alpha value is -4.86. The molecule has 0 fully saturated rings. The third-order valence-corrected chi connectivity index (χ3v) is 6.89. The van der Waals surface area contributed by atoms with Crippen LogP contribution in [0.15, 0.2) is 42.2 Å². The lowest BCUT2D eigenvalue weighted by atomic mass is 9.84. The molecule has 0 saturated carbocycles. The predicted molar refractivity (Wildman–Crippen MR) is 144 cm³/mol. The van der Waals surface area contributed by atoms with E-state index >= 15 is 0 Å². The number of benzene rings is 3. The number of ketones is 1. The van der Waals surface area contributed by atoms with Crippen molar-refractivity contribution in [2.24, 2.45) is 0 Å². The monoisotopic (exact) mass is 548 g/mol. The Kier molecular flexibility index (Phi) is 7.17. The van der Waals surface area contributed by atoms with Gasteiger partial charge in [0.05, 0.1) is 54.6 Å². The minimum absolute atomic E-state index is 0.0161. The minimum Gasteiger partial charge on any atom is -0.496 e. The Bertz CT molecular complexity index is 1510. The van der Waals surface area contributed by atoms with Crippen LogP contribution in [0.3, 0.4) is 0 Å². The van der Waals surface area contributed by atoms with Gasteiger partial charge in [-0.3, -0.25) is 9.59 Å². The highest BCUT2D eigenvalue weighted by atomic mass is 16.5. The van der Waals surface area contributed by atoms with Crippen LogP contribution in [0.5, 0.6) is 46.0 Å². The Labute approximate surface area is 230 Å². The molecule has 208 valence electrons. The summed E-state index contributed by atoms with van der Waals surface area (Å²) in [6.45, 7) is 0. The van der Waals surface area contributed by atoms with E-state index in [9.17, 15) is 9.59 Å². The molecule has 0 aliphatic carbocycles. The molecule has 10 nitrogen and oxygen atoms in total. The van der Waals surface area contributed by atoms with E-state index in [4.69, 9.17) is 37.9 Å². The number of esters is 1. The lowest BCUT2D eigenvalue weighted by Crippen LogP contribution is -2.21. The second kappa shape index (κ2) is 10.7. The molecule has 0 amide bonds. The molecule has 1 unspecified atom stereocenters. The van der Waals surface area contributed by atoms with Gasteiger partial charge < -0.3 is 37.9 Å². The summed E-state index contributed by atoms with van der Waals surface area (Å²) in [6.07, 6.45) is 1.60. The summed E-state index contributed by atoms with van der Waals surface area (Å²) in [5.74, 6) is 2.15. The van der Waals surface area contributed by atoms with Crippen molar-refractivity contribution < 1.29 is 47.5 Å². The molecule has 40 heavy (non-hydrogen) atoms. The molecule has 10 heteroatoms. The Morgan fingerprint density at radius 1 is 0.725 bits per heavy atom. The third kappa shape index (κ3) is 4.41. The SMILES string of the molecule is COc1cc(OC)c(OC)cc1C=C1Oc2c(ccc3c2C(c2cc(OC)c(OC)c(OC)c2)CC(=O)O3)C1=O. The van der Waals surface area contributed by atoms with Gasteiger partial charge >= 0.3 is 5.97 Å². The van der Waals surface area contributed by atoms with E-state index in [2.05, 4.69) is 0 Å². The maximum atomic E-state index is 13.5. The molecule has 2 aliphatic rings. The van der Waals surface area contributed by atoms with Crippen LogP contribution in [-0.2, 0) is 4.79 Å². The van der Waals surface area contributed by atoms with Crippen LogP contribution < -0.4 is 37.9 Å². The summed E-state index contributed by atoms with van der Waals surface area (Å²) >= 11 is 0. The fraction of sp³-hybridized carbons (Fsp3) is 0.267. The zero-order valence-corrected chi connectivity index (χ0v) is 22.9. The average molecular weight is 549 g/mol.